The lowest BCUT2D eigenvalue weighted by molar-refractivity contribution is -0.275. The van der Waals surface area contributed by atoms with Gasteiger partial charge < -0.3 is 4.74 Å². The summed E-state index contributed by atoms with van der Waals surface area (Å²) < 4.78 is 40.2. The fourth-order valence-corrected chi connectivity index (χ4v) is 1.89. The summed E-state index contributed by atoms with van der Waals surface area (Å²) in [5, 5.41) is 0.105. The first-order chi connectivity index (χ1) is 7.37. The van der Waals surface area contributed by atoms with E-state index < -0.39 is 12.1 Å². The summed E-state index contributed by atoms with van der Waals surface area (Å²) in [6.45, 7) is 0. The van der Waals surface area contributed by atoms with Crippen LogP contribution in [0.25, 0.3) is 0 Å². The van der Waals surface area contributed by atoms with E-state index in [9.17, 15) is 18.0 Å². The normalized spacial score (nSPS) is 11.3. The van der Waals surface area contributed by atoms with Crippen molar-refractivity contribution in [3.8, 4) is 5.75 Å². The summed E-state index contributed by atoms with van der Waals surface area (Å²) in [6.07, 6.45) is -4.37. The molecule has 88 valence electrons. The predicted octanol–water partition coefficient (Wildman–Crippen LogP) is 3.29. The third-order valence-electron chi connectivity index (χ3n) is 1.52. The van der Waals surface area contributed by atoms with Crippen molar-refractivity contribution in [3.63, 3.8) is 0 Å². The lowest BCUT2D eigenvalue weighted by Gasteiger charge is -2.12. The first-order valence-corrected chi connectivity index (χ1v) is 6.03. The molecule has 1 aromatic heterocycles. The van der Waals surface area contributed by atoms with Gasteiger partial charge in [0.05, 0.1) is 5.69 Å². The summed E-state index contributed by atoms with van der Waals surface area (Å²) in [5.41, 5.74) is 0.150. The van der Waals surface area contributed by atoms with Gasteiger partial charge in [-0.05, 0) is 28.7 Å². The molecule has 0 radical (unpaired) electrons. The van der Waals surface area contributed by atoms with Crippen LogP contribution >= 0.6 is 38.5 Å². The zero-order valence-electron chi connectivity index (χ0n) is 7.52. The average Bonchev–Trinajstić information content (AvgIpc) is 2.18. The minimum absolute atomic E-state index is 0.0598. The number of hydrogen-bond donors (Lipinski definition) is 0. The van der Waals surface area contributed by atoms with E-state index in [1.807, 2.05) is 0 Å². The molecule has 0 fully saturated rings. The number of carbonyl (C=O) groups is 1. The Morgan fingerprint density at radius 3 is 2.62 bits per heavy atom. The van der Waals surface area contributed by atoms with Crippen molar-refractivity contribution in [2.24, 2.45) is 0 Å². The molecule has 0 amide bonds. The van der Waals surface area contributed by atoms with Crippen LogP contribution in [0.15, 0.2) is 6.07 Å². The first kappa shape index (κ1) is 13.7. The molecule has 16 heavy (non-hydrogen) atoms. The van der Waals surface area contributed by atoms with Crippen LogP contribution in [-0.4, -0.2) is 17.6 Å². The van der Waals surface area contributed by atoms with Crippen molar-refractivity contribution in [2.45, 2.75) is 11.7 Å². The van der Waals surface area contributed by atoms with Gasteiger partial charge in [-0.3, -0.25) is 4.79 Å². The Morgan fingerprint density at radius 1 is 1.56 bits per heavy atom. The van der Waals surface area contributed by atoms with E-state index >= 15 is 0 Å². The molecule has 1 aromatic rings. The highest BCUT2D eigenvalue weighted by Crippen LogP contribution is 2.28. The molecule has 0 aliphatic rings. The summed E-state index contributed by atoms with van der Waals surface area (Å²) in [4.78, 5) is 14.4. The number of aromatic nitrogens is 1. The fourth-order valence-electron chi connectivity index (χ4n) is 0.914. The predicted molar refractivity (Wildman–Crippen MR) is 61.7 cm³/mol. The molecule has 0 spiro atoms. The topological polar surface area (TPSA) is 39.2 Å². The minimum atomic E-state index is -4.80. The summed E-state index contributed by atoms with van der Waals surface area (Å²) in [5.74, 6) is -0.466. The Labute approximate surface area is 111 Å². The molecule has 3 nitrogen and oxygen atoms in total. The van der Waals surface area contributed by atoms with E-state index in [4.69, 9.17) is 0 Å². The Hall–Kier alpha value is -0.380. The third-order valence-corrected chi connectivity index (χ3v) is 2.92. The molecule has 0 aliphatic carbocycles. The molecule has 1 heterocycles. The van der Waals surface area contributed by atoms with Crippen molar-refractivity contribution < 1.29 is 22.7 Å². The highest BCUT2D eigenvalue weighted by Gasteiger charge is 2.32. The zero-order chi connectivity index (χ0) is 12.3. The molecule has 0 aliphatic heterocycles. The van der Waals surface area contributed by atoms with E-state index in [2.05, 4.69) is 25.7 Å². The summed E-state index contributed by atoms with van der Waals surface area (Å²) in [7, 11) is 0. The number of nitrogens with zero attached hydrogens (tertiary/aromatic N) is 1. The van der Waals surface area contributed by atoms with Crippen LogP contribution in [0.1, 0.15) is 16.1 Å². The maximum absolute atomic E-state index is 12.0. The van der Waals surface area contributed by atoms with Crippen LogP contribution in [0.4, 0.5) is 13.2 Å². The Morgan fingerprint density at radius 2 is 2.19 bits per heavy atom. The second-order valence-corrected chi connectivity index (χ2v) is 4.20. The molecule has 0 aromatic carbocycles. The second kappa shape index (κ2) is 5.30. The van der Waals surface area contributed by atoms with Gasteiger partial charge in [-0.1, -0.05) is 15.9 Å². The molecule has 1 rings (SSSR count). The summed E-state index contributed by atoms with van der Waals surface area (Å²) in [6, 6.07) is 1.02. The highest BCUT2D eigenvalue weighted by atomic mass is 127. The number of aldehydes is 1. The van der Waals surface area contributed by atoms with Gasteiger partial charge in [0.1, 0.15) is 3.70 Å². The number of rotatable bonds is 3. The van der Waals surface area contributed by atoms with Crippen LogP contribution in [0.3, 0.4) is 0 Å². The Bertz CT molecular complexity index is 411. The quantitative estimate of drug-likeness (QED) is 0.333. The number of pyridine rings is 1. The summed E-state index contributed by atoms with van der Waals surface area (Å²) >= 11 is 4.76. The van der Waals surface area contributed by atoms with E-state index in [-0.39, 0.29) is 16.6 Å². The lowest BCUT2D eigenvalue weighted by atomic mass is 10.2. The molecular formula is C8H4BrF3INO2. The van der Waals surface area contributed by atoms with Gasteiger partial charge in [0, 0.05) is 10.9 Å². The van der Waals surface area contributed by atoms with Gasteiger partial charge in [0.15, 0.2) is 12.0 Å². The maximum Gasteiger partial charge on any atom is 0.573 e. The van der Waals surface area contributed by atoms with Crippen molar-refractivity contribution >= 4 is 44.8 Å². The molecule has 0 saturated carbocycles. The van der Waals surface area contributed by atoms with Crippen LogP contribution in [0.2, 0.25) is 0 Å². The van der Waals surface area contributed by atoms with Crippen LogP contribution < -0.4 is 4.74 Å². The highest BCUT2D eigenvalue weighted by molar-refractivity contribution is 14.1. The minimum Gasteiger partial charge on any atom is -0.404 e. The zero-order valence-corrected chi connectivity index (χ0v) is 11.3. The number of ether oxygens (including phenoxy) is 1. The second-order valence-electron chi connectivity index (χ2n) is 2.61. The average molecular weight is 410 g/mol. The van der Waals surface area contributed by atoms with Crippen LogP contribution in [-0.2, 0) is 5.33 Å². The van der Waals surface area contributed by atoms with Gasteiger partial charge in [0.25, 0.3) is 0 Å². The number of halogens is 5. The van der Waals surface area contributed by atoms with Crippen molar-refractivity contribution in [3.05, 3.63) is 21.0 Å². The number of alkyl halides is 4. The SMILES string of the molecule is O=Cc1cc(OC(F)(F)F)c(CBr)nc1I. The van der Waals surface area contributed by atoms with E-state index in [1.165, 1.54) is 0 Å². The Kier molecular flexibility index (Phi) is 4.53. The number of hydrogen-bond acceptors (Lipinski definition) is 3. The van der Waals surface area contributed by atoms with Crippen molar-refractivity contribution in [1.82, 2.24) is 4.98 Å². The maximum atomic E-state index is 12.0. The molecule has 8 heteroatoms. The monoisotopic (exact) mass is 409 g/mol. The van der Waals surface area contributed by atoms with Crippen LogP contribution in [0.5, 0.6) is 5.75 Å². The van der Waals surface area contributed by atoms with Gasteiger partial charge >= 0.3 is 6.36 Å². The molecular weight excluding hydrogens is 406 g/mol. The molecule has 0 bridgehead atoms. The van der Waals surface area contributed by atoms with Gasteiger partial charge in [-0.25, -0.2) is 4.98 Å². The Balaban J connectivity index is 3.20. The smallest absolute Gasteiger partial charge is 0.404 e. The number of carbonyl (C=O) groups excluding carboxylic acids is 1. The van der Waals surface area contributed by atoms with Gasteiger partial charge in [-0.2, -0.15) is 0 Å². The molecule has 0 N–H and O–H groups in total. The van der Waals surface area contributed by atoms with Crippen LogP contribution in [0, 0.1) is 3.70 Å². The van der Waals surface area contributed by atoms with Crippen molar-refractivity contribution in [1.29, 1.82) is 0 Å². The van der Waals surface area contributed by atoms with Crippen molar-refractivity contribution in [2.75, 3.05) is 0 Å². The molecule has 0 unspecified atom stereocenters. The standard InChI is InChI=1S/C8H4BrF3INO2/c9-2-5-6(16-8(10,11)12)1-4(3-15)7(13)14-5/h1,3H,2H2. The van der Waals surface area contributed by atoms with Gasteiger partial charge in [0.2, 0.25) is 0 Å². The van der Waals surface area contributed by atoms with E-state index in [1.54, 1.807) is 22.6 Å². The first-order valence-electron chi connectivity index (χ1n) is 3.83. The molecule has 0 saturated heterocycles. The third kappa shape index (κ3) is 3.58. The van der Waals surface area contributed by atoms with E-state index in [0.29, 0.717) is 9.99 Å². The van der Waals surface area contributed by atoms with E-state index in [0.717, 1.165) is 6.07 Å². The fraction of sp³-hybridized carbons (Fsp3) is 0.250. The largest absolute Gasteiger partial charge is 0.573 e. The molecule has 0 atom stereocenters. The lowest BCUT2D eigenvalue weighted by Crippen LogP contribution is -2.19. The van der Waals surface area contributed by atoms with Gasteiger partial charge in [-0.15, -0.1) is 13.2 Å².